The third-order valence-electron chi connectivity index (χ3n) is 3.79. The molecule has 2 N–H and O–H groups in total. The summed E-state index contributed by atoms with van der Waals surface area (Å²) in [5.41, 5.74) is 1.55. The van der Waals surface area contributed by atoms with Crippen LogP contribution in [0.2, 0.25) is 0 Å². The van der Waals surface area contributed by atoms with E-state index in [9.17, 15) is 4.79 Å². The smallest absolute Gasteiger partial charge is 0.251 e. The molecule has 0 radical (unpaired) electrons. The zero-order valence-electron chi connectivity index (χ0n) is 12.0. The van der Waals surface area contributed by atoms with Crippen LogP contribution in [0.3, 0.4) is 0 Å². The number of carbonyl (C=O) groups is 1. The zero-order valence-corrected chi connectivity index (χ0v) is 12.0. The molecular formula is C15H23N3O. The molecular weight excluding hydrogens is 238 g/mol. The first-order valence-electron chi connectivity index (χ1n) is 7.13. The maximum atomic E-state index is 12.2. The third kappa shape index (κ3) is 3.46. The van der Waals surface area contributed by atoms with Crippen LogP contribution in [-0.4, -0.2) is 23.5 Å². The number of hydrogen-bond acceptors (Lipinski definition) is 3. The zero-order chi connectivity index (χ0) is 13.8. The van der Waals surface area contributed by atoms with E-state index in [1.54, 1.807) is 0 Å². The summed E-state index contributed by atoms with van der Waals surface area (Å²) in [6.45, 7) is 6.83. The van der Waals surface area contributed by atoms with Crippen molar-refractivity contribution in [3.8, 4) is 0 Å². The summed E-state index contributed by atoms with van der Waals surface area (Å²) >= 11 is 0. The minimum absolute atomic E-state index is 0.00375. The lowest BCUT2D eigenvalue weighted by molar-refractivity contribution is 0.0909. The Kier molecular flexibility index (Phi) is 4.40. The number of pyridine rings is 1. The second-order valence-corrected chi connectivity index (χ2v) is 5.37. The molecule has 0 saturated heterocycles. The third-order valence-corrected chi connectivity index (χ3v) is 3.79. The quantitative estimate of drug-likeness (QED) is 0.857. The predicted molar refractivity (Wildman–Crippen MR) is 77.4 cm³/mol. The summed E-state index contributed by atoms with van der Waals surface area (Å²) in [5, 5.41) is 6.25. The van der Waals surface area contributed by atoms with Gasteiger partial charge in [-0.05, 0) is 51.7 Å². The summed E-state index contributed by atoms with van der Waals surface area (Å²) < 4.78 is 0. The number of nitrogens with zero attached hydrogens (tertiary/aromatic N) is 1. The second kappa shape index (κ2) is 6.04. The van der Waals surface area contributed by atoms with Crippen LogP contribution in [0.4, 0.5) is 5.82 Å². The molecule has 1 aliphatic rings. The normalized spacial score (nSPS) is 16.6. The summed E-state index contributed by atoms with van der Waals surface area (Å²) in [5.74, 6) is 1.42. The molecule has 19 heavy (non-hydrogen) atoms. The Hall–Kier alpha value is -1.58. The lowest BCUT2D eigenvalue weighted by atomic mass is 9.80. The van der Waals surface area contributed by atoms with Crippen molar-refractivity contribution < 1.29 is 4.79 Å². The van der Waals surface area contributed by atoms with E-state index >= 15 is 0 Å². The Bertz CT molecular complexity index is 455. The number of aromatic nitrogens is 1. The van der Waals surface area contributed by atoms with Crippen LogP contribution in [-0.2, 0) is 0 Å². The monoisotopic (exact) mass is 261 g/mol. The summed E-state index contributed by atoms with van der Waals surface area (Å²) in [6.07, 6.45) is 3.77. The van der Waals surface area contributed by atoms with E-state index in [-0.39, 0.29) is 11.9 Å². The SMILES string of the molecule is CCNc1cc(C(=O)NC(C)C2CCC2)cc(C)n1. The van der Waals surface area contributed by atoms with E-state index in [2.05, 4.69) is 22.5 Å². The molecule has 0 aromatic carbocycles. The van der Waals surface area contributed by atoms with Gasteiger partial charge in [-0.1, -0.05) is 6.42 Å². The number of hydrogen-bond donors (Lipinski definition) is 2. The second-order valence-electron chi connectivity index (χ2n) is 5.37. The number of aryl methyl sites for hydroxylation is 1. The molecule has 0 bridgehead atoms. The van der Waals surface area contributed by atoms with Gasteiger partial charge in [-0.25, -0.2) is 4.98 Å². The van der Waals surface area contributed by atoms with Crippen molar-refractivity contribution in [3.05, 3.63) is 23.4 Å². The van der Waals surface area contributed by atoms with Crippen LogP contribution < -0.4 is 10.6 Å². The lowest BCUT2D eigenvalue weighted by Gasteiger charge is -2.31. The molecule has 0 spiro atoms. The Labute approximate surface area is 115 Å². The number of carbonyl (C=O) groups excluding carboxylic acids is 1. The van der Waals surface area contributed by atoms with Gasteiger partial charge in [0.05, 0.1) is 0 Å². The predicted octanol–water partition coefficient (Wildman–Crippen LogP) is 2.74. The minimum Gasteiger partial charge on any atom is -0.370 e. The first-order chi connectivity index (χ1) is 9.10. The molecule has 4 heteroatoms. The van der Waals surface area contributed by atoms with E-state index in [0.29, 0.717) is 11.5 Å². The van der Waals surface area contributed by atoms with Gasteiger partial charge in [0.2, 0.25) is 0 Å². The van der Waals surface area contributed by atoms with E-state index in [1.807, 2.05) is 26.0 Å². The van der Waals surface area contributed by atoms with E-state index in [4.69, 9.17) is 0 Å². The average molecular weight is 261 g/mol. The first-order valence-corrected chi connectivity index (χ1v) is 7.13. The highest BCUT2D eigenvalue weighted by Crippen LogP contribution is 2.29. The molecule has 2 rings (SSSR count). The highest BCUT2D eigenvalue weighted by Gasteiger charge is 2.25. The van der Waals surface area contributed by atoms with Crippen LogP contribution >= 0.6 is 0 Å². The van der Waals surface area contributed by atoms with Gasteiger partial charge < -0.3 is 10.6 Å². The molecule has 1 aliphatic carbocycles. The topological polar surface area (TPSA) is 54.0 Å². The fraction of sp³-hybridized carbons (Fsp3) is 0.600. The maximum absolute atomic E-state index is 12.2. The van der Waals surface area contributed by atoms with E-state index in [0.717, 1.165) is 18.1 Å². The van der Waals surface area contributed by atoms with Crippen molar-refractivity contribution in [1.82, 2.24) is 10.3 Å². The molecule has 4 nitrogen and oxygen atoms in total. The van der Waals surface area contributed by atoms with Gasteiger partial charge in [0.25, 0.3) is 5.91 Å². The number of rotatable bonds is 5. The van der Waals surface area contributed by atoms with Gasteiger partial charge in [-0.2, -0.15) is 0 Å². The molecule has 1 amide bonds. The van der Waals surface area contributed by atoms with Crippen LogP contribution in [0.5, 0.6) is 0 Å². The number of anilines is 1. The Morgan fingerprint density at radius 3 is 2.79 bits per heavy atom. The van der Waals surface area contributed by atoms with Crippen molar-refractivity contribution in [1.29, 1.82) is 0 Å². The molecule has 1 fully saturated rings. The first kappa shape index (κ1) is 13.8. The van der Waals surface area contributed by atoms with Crippen LogP contribution in [0, 0.1) is 12.8 Å². The molecule has 0 aliphatic heterocycles. The highest BCUT2D eigenvalue weighted by atomic mass is 16.1. The Morgan fingerprint density at radius 2 is 2.21 bits per heavy atom. The maximum Gasteiger partial charge on any atom is 0.251 e. The van der Waals surface area contributed by atoms with Crippen molar-refractivity contribution in [2.45, 2.75) is 46.1 Å². The Morgan fingerprint density at radius 1 is 1.47 bits per heavy atom. The van der Waals surface area contributed by atoms with Crippen molar-refractivity contribution in [2.24, 2.45) is 5.92 Å². The molecule has 1 atom stereocenters. The fourth-order valence-electron chi connectivity index (χ4n) is 2.42. The number of amides is 1. The minimum atomic E-state index is 0.00375. The summed E-state index contributed by atoms with van der Waals surface area (Å²) in [4.78, 5) is 16.6. The highest BCUT2D eigenvalue weighted by molar-refractivity contribution is 5.95. The van der Waals surface area contributed by atoms with Gasteiger partial charge in [0, 0.05) is 23.8 Å². The molecule has 104 valence electrons. The molecule has 1 aromatic rings. The Balaban J connectivity index is 2.04. The standard InChI is InChI=1S/C15H23N3O/c1-4-16-14-9-13(8-10(2)17-14)15(19)18-11(3)12-6-5-7-12/h8-9,11-12H,4-7H2,1-3H3,(H,16,17)(H,18,19). The van der Waals surface area contributed by atoms with Gasteiger partial charge in [-0.15, -0.1) is 0 Å². The van der Waals surface area contributed by atoms with Gasteiger partial charge in [0.1, 0.15) is 5.82 Å². The molecule has 1 unspecified atom stereocenters. The largest absolute Gasteiger partial charge is 0.370 e. The fourth-order valence-corrected chi connectivity index (χ4v) is 2.42. The average Bonchev–Trinajstić information content (AvgIpc) is 2.25. The molecule has 1 heterocycles. The molecule has 1 aromatic heterocycles. The van der Waals surface area contributed by atoms with E-state index < -0.39 is 0 Å². The van der Waals surface area contributed by atoms with Crippen molar-refractivity contribution in [2.75, 3.05) is 11.9 Å². The van der Waals surface area contributed by atoms with Crippen LogP contribution in [0.25, 0.3) is 0 Å². The molecule has 1 saturated carbocycles. The van der Waals surface area contributed by atoms with Gasteiger partial charge >= 0.3 is 0 Å². The number of nitrogens with one attached hydrogen (secondary N) is 2. The van der Waals surface area contributed by atoms with Gasteiger partial charge in [-0.3, -0.25) is 4.79 Å². The summed E-state index contributed by atoms with van der Waals surface area (Å²) in [7, 11) is 0. The van der Waals surface area contributed by atoms with E-state index in [1.165, 1.54) is 19.3 Å². The van der Waals surface area contributed by atoms with Crippen molar-refractivity contribution >= 4 is 11.7 Å². The van der Waals surface area contributed by atoms with Crippen molar-refractivity contribution in [3.63, 3.8) is 0 Å². The van der Waals surface area contributed by atoms with Crippen LogP contribution in [0.1, 0.15) is 49.2 Å². The van der Waals surface area contributed by atoms with Gasteiger partial charge in [0.15, 0.2) is 0 Å². The lowest BCUT2D eigenvalue weighted by Crippen LogP contribution is -2.40. The summed E-state index contributed by atoms with van der Waals surface area (Å²) in [6, 6.07) is 3.92. The van der Waals surface area contributed by atoms with Crippen LogP contribution in [0.15, 0.2) is 12.1 Å².